The Morgan fingerprint density at radius 2 is 1.40 bits per heavy atom. The fraction of sp³-hybridized carbons (Fsp3) is 0.308. The monoisotopic (exact) mass is 739 g/mol. The van der Waals surface area contributed by atoms with E-state index in [1.165, 1.54) is 0 Å². The van der Waals surface area contributed by atoms with Gasteiger partial charge in [0.05, 0.1) is 28.4 Å². The van der Waals surface area contributed by atoms with Gasteiger partial charge in [0.2, 0.25) is 17.7 Å². The summed E-state index contributed by atoms with van der Waals surface area (Å²) in [5.41, 5.74) is 7.01. The minimum Gasteiger partial charge on any atom is -0.481 e. The number of nitrogens with one attached hydrogen (secondary N) is 4. The quantitative estimate of drug-likeness (QED) is 0.133. The van der Waals surface area contributed by atoms with Gasteiger partial charge >= 0.3 is 0 Å². The lowest BCUT2D eigenvalue weighted by atomic mass is 9.96. The zero-order valence-corrected chi connectivity index (χ0v) is 30.4. The molecule has 0 spiro atoms. The number of benzene rings is 2. The topological polar surface area (TPSA) is 139 Å². The normalized spacial score (nSPS) is 17.1. The highest BCUT2D eigenvalue weighted by atomic mass is 35.5. The van der Waals surface area contributed by atoms with E-state index < -0.39 is 0 Å². The van der Waals surface area contributed by atoms with Crippen molar-refractivity contribution in [2.75, 3.05) is 20.2 Å². The van der Waals surface area contributed by atoms with Crippen LogP contribution in [0.4, 0.5) is 0 Å². The van der Waals surface area contributed by atoms with Gasteiger partial charge < -0.3 is 26.0 Å². The van der Waals surface area contributed by atoms with Crippen molar-refractivity contribution in [1.29, 1.82) is 0 Å². The molecule has 5 heterocycles. The van der Waals surface area contributed by atoms with Crippen molar-refractivity contribution < 1.29 is 14.3 Å². The van der Waals surface area contributed by atoms with Gasteiger partial charge in [0.15, 0.2) is 0 Å². The molecule has 0 saturated carbocycles. The lowest BCUT2D eigenvalue weighted by Gasteiger charge is -2.16. The number of fused-ring (bicyclic) bond motifs is 1. The summed E-state index contributed by atoms with van der Waals surface area (Å²) >= 11 is 14.3. The fourth-order valence-electron chi connectivity index (χ4n) is 6.95. The lowest BCUT2D eigenvalue weighted by Crippen LogP contribution is -2.36. The molecule has 0 aliphatic carbocycles. The van der Waals surface area contributed by atoms with E-state index in [4.69, 9.17) is 32.9 Å². The van der Waals surface area contributed by atoms with E-state index >= 15 is 0 Å². The van der Waals surface area contributed by atoms with Crippen LogP contribution in [0.5, 0.6) is 5.88 Å². The first kappa shape index (κ1) is 35.6. The zero-order chi connectivity index (χ0) is 36.4. The molecule has 13 heteroatoms. The third-order valence-electron chi connectivity index (χ3n) is 9.65. The van der Waals surface area contributed by atoms with Crippen molar-refractivity contribution >= 4 is 40.7 Å². The number of pyridine rings is 2. The zero-order valence-electron chi connectivity index (χ0n) is 28.9. The number of amides is 2. The van der Waals surface area contributed by atoms with Crippen LogP contribution in [-0.2, 0) is 22.7 Å². The number of carbonyl (C=O) groups is 2. The SMILES string of the molecule is COc1nc(-c2cccc(-c3cccc(-c4cc(C)n5c(=O)c(CNC[C@@H]6CCC(=O)N6)cnc5c4)c3Cl)c2Cl)ccc1CNC[C@@H]1CCC(=O)N1. The summed E-state index contributed by atoms with van der Waals surface area (Å²) in [5, 5.41) is 13.6. The number of aromatic nitrogens is 3. The van der Waals surface area contributed by atoms with Crippen LogP contribution >= 0.6 is 23.2 Å². The molecule has 2 fully saturated rings. The Morgan fingerprint density at radius 3 is 2.02 bits per heavy atom. The highest BCUT2D eigenvalue weighted by molar-refractivity contribution is 6.39. The molecule has 2 aliphatic rings. The first-order valence-corrected chi connectivity index (χ1v) is 18.1. The van der Waals surface area contributed by atoms with Crippen LogP contribution in [0.15, 0.2) is 71.7 Å². The van der Waals surface area contributed by atoms with Crippen LogP contribution < -0.4 is 31.6 Å². The number of methoxy groups -OCH3 is 1. The molecule has 4 N–H and O–H groups in total. The molecule has 0 bridgehead atoms. The number of nitrogens with zero attached hydrogens (tertiary/aromatic N) is 3. The van der Waals surface area contributed by atoms with Crippen LogP contribution in [0.25, 0.3) is 39.2 Å². The van der Waals surface area contributed by atoms with Crippen molar-refractivity contribution in [3.05, 3.63) is 104 Å². The first-order chi connectivity index (χ1) is 25.2. The minimum atomic E-state index is -0.144. The fourth-order valence-corrected chi connectivity index (χ4v) is 7.61. The third-order valence-corrected chi connectivity index (χ3v) is 10.5. The van der Waals surface area contributed by atoms with Gasteiger partial charge in [0, 0.05) is 90.8 Å². The Labute approximate surface area is 311 Å². The highest BCUT2D eigenvalue weighted by Gasteiger charge is 2.22. The summed E-state index contributed by atoms with van der Waals surface area (Å²) in [4.78, 5) is 45.9. The van der Waals surface area contributed by atoms with Gasteiger partial charge in [0.1, 0.15) is 5.65 Å². The summed E-state index contributed by atoms with van der Waals surface area (Å²) in [6.07, 6.45) is 4.32. The van der Waals surface area contributed by atoms with Crippen molar-refractivity contribution in [2.24, 2.45) is 0 Å². The standard InChI is InChI=1S/C39H39Cl2N7O4/c1-22-15-24(16-33-44-19-25(39(51)48(22)33)18-43-21-27-11-14-35(50)46-27)28-5-3-6-29(36(28)40)30-7-4-8-31(37(30)41)32-12-9-23(38(47-32)52-2)17-42-20-26-10-13-34(49)45-26/h3-9,12,15-16,19,26-27,42-43H,10-11,13-14,17-18,20-21H2,1-2H3,(H,45,49)(H,46,50)/t26-,27-/m0/s1. The van der Waals surface area contributed by atoms with Crippen molar-refractivity contribution in [3.63, 3.8) is 0 Å². The molecule has 0 radical (unpaired) electrons. The van der Waals surface area contributed by atoms with Crippen LogP contribution in [0.2, 0.25) is 10.0 Å². The number of carbonyl (C=O) groups excluding carboxylic acids is 2. The van der Waals surface area contributed by atoms with E-state index in [1.807, 2.05) is 67.6 Å². The van der Waals surface area contributed by atoms with Crippen molar-refractivity contribution in [3.8, 4) is 39.4 Å². The smallest absolute Gasteiger partial charge is 0.262 e. The highest BCUT2D eigenvalue weighted by Crippen LogP contribution is 2.42. The van der Waals surface area contributed by atoms with Crippen LogP contribution in [0.1, 0.15) is 42.5 Å². The lowest BCUT2D eigenvalue weighted by molar-refractivity contribution is -0.120. The Balaban J connectivity index is 1.12. The van der Waals surface area contributed by atoms with E-state index in [9.17, 15) is 14.4 Å². The van der Waals surface area contributed by atoms with E-state index in [0.717, 1.165) is 51.9 Å². The summed E-state index contributed by atoms with van der Waals surface area (Å²) in [6, 6.07) is 19.4. The van der Waals surface area contributed by atoms with Gasteiger partial charge in [-0.1, -0.05) is 65.7 Å². The molecule has 2 atom stereocenters. The molecular formula is C39H39Cl2N7O4. The Kier molecular flexibility index (Phi) is 10.6. The van der Waals surface area contributed by atoms with Crippen LogP contribution in [0.3, 0.4) is 0 Å². The minimum absolute atomic E-state index is 0.0613. The molecule has 11 nitrogen and oxygen atoms in total. The number of rotatable bonds is 12. The Hall–Kier alpha value is -4.81. The van der Waals surface area contributed by atoms with Gasteiger partial charge in [-0.25, -0.2) is 9.97 Å². The third kappa shape index (κ3) is 7.40. The average molecular weight is 741 g/mol. The molecule has 7 rings (SSSR count). The maximum absolute atomic E-state index is 13.5. The number of halogens is 2. The van der Waals surface area contributed by atoms with Gasteiger partial charge in [-0.2, -0.15) is 0 Å². The molecule has 268 valence electrons. The molecular weight excluding hydrogens is 701 g/mol. The predicted molar refractivity (Wildman–Crippen MR) is 203 cm³/mol. The van der Waals surface area contributed by atoms with E-state index in [0.29, 0.717) is 71.9 Å². The maximum Gasteiger partial charge on any atom is 0.262 e. The van der Waals surface area contributed by atoms with Crippen LogP contribution in [-0.4, -0.2) is 58.5 Å². The summed E-state index contributed by atoms with van der Waals surface area (Å²) in [6.45, 7) is 4.02. The summed E-state index contributed by atoms with van der Waals surface area (Å²) in [7, 11) is 1.59. The molecule has 2 saturated heterocycles. The van der Waals surface area contributed by atoms with Crippen molar-refractivity contribution in [1.82, 2.24) is 35.6 Å². The van der Waals surface area contributed by atoms with Crippen molar-refractivity contribution in [2.45, 2.75) is 57.8 Å². The molecule has 2 aliphatic heterocycles. The Bertz CT molecular complexity index is 2240. The first-order valence-electron chi connectivity index (χ1n) is 17.3. The second kappa shape index (κ2) is 15.4. The molecule has 52 heavy (non-hydrogen) atoms. The molecule has 5 aromatic rings. The Morgan fingerprint density at radius 1 is 0.808 bits per heavy atom. The largest absolute Gasteiger partial charge is 0.481 e. The summed E-state index contributed by atoms with van der Waals surface area (Å²) in [5.74, 6) is 0.643. The predicted octanol–water partition coefficient (Wildman–Crippen LogP) is 5.45. The molecule has 2 aromatic carbocycles. The van der Waals surface area contributed by atoms with Gasteiger partial charge in [-0.3, -0.25) is 18.8 Å². The number of hydrogen-bond acceptors (Lipinski definition) is 8. The average Bonchev–Trinajstić information content (AvgIpc) is 3.76. The second-order valence-corrected chi connectivity index (χ2v) is 14.0. The van der Waals surface area contributed by atoms with E-state index in [2.05, 4.69) is 26.3 Å². The second-order valence-electron chi connectivity index (χ2n) is 13.2. The van der Waals surface area contributed by atoms with E-state index in [-0.39, 0.29) is 29.5 Å². The maximum atomic E-state index is 13.5. The molecule has 3 aromatic heterocycles. The van der Waals surface area contributed by atoms with Gasteiger partial charge in [-0.15, -0.1) is 0 Å². The molecule has 2 amide bonds. The number of ether oxygens (including phenoxy) is 1. The van der Waals surface area contributed by atoms with Gasteiger partial charge in [0.25, 0.3) is 5.56 Å². The summed E-state index contributed by atoms with van der Waals surface area (Å²) < 4.78 is 7.26. The van der Waals surface area contributed by atoms with Crippen LogP contribution in [0, 0.1) is 6.92 Å². The number of aryl methyl sites for hydroxylation is 1. The number of hydrogen-bond donors (Lipinski definition) is 4. The van der Waals surface area contributed by atoms with E-state index in [1.54, 1.807) is 17.7 Å². The molecule has 0 unspecified atom stereocenters. The van der Waals surface area contributed by atoms with Gasteiger partial charge in [-0.05, 0) is 43.5 Å².